The predicted octanol–water partition coefficient (Wildman–Crippen LogP) is 2.14. The predicted molar refractivity (Wildman–Crippen MR) is 98.5 cm³/mol. The van der Waals surface area contributed by atoms with E-state index in [2.05, 4.69) is 4.98 Å². The Labute approximate surface area is 153 Å². The number of hydrogen-bond acceptors (Lipinski definition) is 4. The van der Waals surface area contributed by atoms with Crippen molar-refractivity contribution in [3.8, 4) is 0 Å². The van der Waals surface area contributed by atoms with Gasteiger partial charge in [0.25, 0.3) is 0 Å². The molecule has 1 aliphatic rings. The van der Waals surface area contributed by atoms with Gasteiger partial charge in [-0.15, -0.1) is 0 Å². The molecule has 2 aromatic rings. The second-order valence-electron chi connectivity index (χ2n) is 6.79. The van der Waals surface area contributed by atoms with E-state index in [1.165, 1.54) is 17.2 Å². The maximum absolute atomic E-state index is 13.0. The van der Waals surface area contributed by atoms with Gasteiger partial charge in [-0.1, -0.05) is 49.6 Å². The molecule has 1 heterocycles. The maximum atomic E-state index is 13.0. The summed E-state index contributed by atoms with van der Waals surface area (Å²) in [5.41, 5.74) is 0.354. The standard InChI is InChI=1S/C20H25N3O3/c24-18(16-8-3-1-4-9-16)14-23(17-10-5-2-6-11-17)19(25)15-22-13-7-12-21-20(22)26/h1,3-4,7-9,12-13,17-18,24H,2,5-6,10-11,14-15H2/t18-/m1/s1. The number of aromatic nitrogens is 2. The van der Waals surface area contributed by atoms with E-state index in [-0.39, 0.29) is 25.0 Å². The van der Waals surface area contributed by atoms with Gasteiger partial charge in [-0.2, -0.15) is 0 Å². The van der Waals surface area contributed by atoms with Crippen LogP contribution in [0.4, 0.5) is 0 Å². The summed E-state index contributed by atoms with van der Waals surface area (Å²) in [4.78, 5) is 30.2. The third-order valence-electron chi connectivity index (χ3n) is 4.98. The van der Waals surface area contributed by atoms with Gasteiger partial charge in [0.1, 0.15) is 6.54 Å². The van der Waals surface area contributed by atoms with E-state index in [1.807, 2.05) is 30.3 Å². The molecule has 1 amide bonds. The summed E-state index contributed by atoms with van der Waals surface area (Å²) in [6.07, 6.45) is 7.48. The van der Waals surface area contributed by atoms with Crippen molar-refractivity contribution < 1.29 is 9.90 Å². The van der Waals surface area contributed by atoms with Crippen molar-refractivity contribution in [2.75, 3.05) is 6.54 Å². The molecule has 0 aliphatic heterocycles. The van der Waals surface area contributed by atoms with Crippen LogP contribution in [-0.4, -0.2) is 38.1 Å². The number of amides is 1. The molecule has 1 aliphatic carbocycles. The van der Waals surface area contributed by atoms with Gasteiger partial charge in [0.15, 0.2) is 0 Å². The fourth-order valence-corrected chi connectivity index (χ4v) is 3.56. The average Bonchev–Trinajstić information content (AvgIpc) is 2.69. The van der Waals surface area contributed by atoms with Gasteiger partial charge in [-0.25, -0.2) is 9.78 Å². The minimum absolute atomic E-state index is 0.0509. The molecule has 6 heteroatoms. The Morgan fingerprint density at radius 1 is 1.19 bits per heavy atom. The molecular weight excluding hydrogens is 330 g/mol. The molecule has 1 atom stereocenters. The van der Waals surface area contributed by atoms with Crippen molar-refractivity contribution in [2.24, 2.45) is 0 Å². The van der Waals surface area contributed by atoms with Crippen LogP contribution >= 0.6 is 0 Å². The van der Waals surface area contributed by atoms with Crippen molar-refractivity contribution >= 4 is 5.91 Å². The third kappa shape index (κ3) is 4.58. The van der Waals surface area contributed by atoms with E-state index in [0.717, 1.165) is 31.2 Å². The molecule has 0 spiro atoms. The highest BCUT2D eigenvalue weighted by Gasteiger charge is 2.28. The number of benzene rings is 1. The van der Waals surface area contributed by atoms with Gasteiger partial charge < -0.3 is 10.0 Å². The Morgan fingerprint density at radius 2 is 1.92 bits per heavy atom. The number of aliphatic hydroxyl groups is 1. The second-order valence-corrected chi connectivity index (χ2v) is 6.79. The van der Waals surface area contributed by atoms with Gasteiger partial charge >= 0.3 is 5.69 Å². The lowest BCUT2D eigenvalue weighted by Gasteiger charge is -2.36. The van der Waals surface area contributed by atoms with Crippen LogP contribution in [0.3, 0.4) is 0 Å². The van der Waals surface area contributed by atoms with Crippen LogP contribution in [0.25, 0.3) is 0 Å². The third-order valence-corrected chi connectivity index (χ3v) is 4.98. The van der Waals surface area contributed by atoms with E-state index in [9.17, 15) is 14.7 Å². The van der Waals surface area contributed by atoms with Crippen molar-refractivity contribution in [1.82, 2.24) is 14.5 Å². The first-order valence-electron chi connectivity index (χ1n) is 9.19. The van der Waals surface area contributed by atoms with Crippen molar-refractivity contribution in [3.05, 3.63) is 64.8 Å². The van der Waals surface area contributed by atoms with E-state index >= 15 is 0 Å². The Bertz CT molecular complexity index is 769. The second kappa shape index (κ2) is 8.76. The first kappa shape index (κ1) is 18.3. The Morgan fingerprint density at radius 3 is 2.62 bits per heavy atom. The molecule has 1 aromatic carbocycles. The van der Waals surface area contributed by atoms with E-state index in [4.69, 9.17) is 0 Å². The molecule has 0 unspecified atom stereocenters. The van der Waals surface area contributed by atoms with Crippen LogP contribution in [0, 0.1) is 0 Å². The first-order valence-corrected chi connectivity index (χ1v) is 9.19. The van der Waals surface area contributed by atoms with E-state index in [0.29, 0.717) is 0 Å². The molecule has 138 valence electrons. The first-order chi connectivity index (χ1) is 12.6. The minimum Gasteiger partial charge on any atom is -0.387 e. The van der Waals surface area contributed by atoms with Gasteiger partial charge in [0.05, 0.1) is 12.6 Å². The molecule has 0 bridgehead atoms. The van der Waals surface area contributed by atoms with Crippen LogP contribution in [0.15, 0.2) is 53.6 Å². The molecule has 3 rings (SSSR count). The molecular formula is C20H25N3O3. The minimum atomic E-state index is -0.743. The van der Waals surface area contributed by atoms with Crippen molar-refractivity contribution in [1.29, 1.82) is 0 Å². The van der Waals surface area contributed by atoms with Crippen molar-refractivity contribution in [3.63, 3.8) is 0 Å². The van der Waals surface area contributed by atoms with Gasteiger partial charge in [-0.3, -0.25) is 9.36 Å². The molecule has 26 heavy (non-hydrogen) atoms. The number of nitrogens with zero attached hydrogens (tertiary/aromatic N) is 3. The fraction of sp³-hybridized carbons (Fsp3) is 0.450. The fourth-order valence-electron chi connectivity index (χ4n) is 3.56. The number of aliphatic hydroxyl groups excluding tert-OH is 1. The average molecular weight is 355 g/mol. The Hall–Kier alpha value is -2.47. The van der Waals surface area contributed by atoms with Crippen molar-refractivity contribution in [2.45, 2.75) is 50.8 Å². The lowest BCUT2D eigenvalue weighted by Crippen LogP contribution is -2.46. The van der Waals surface area contributed by atoms with Crippen LogP contribution < -0.4 is 5.69 Å². The summed E-state index contributed by atoms with van der Waals surface area (Å²) in [5, 5.41) is 10.6. The van der Waals surface area contributed by atoms with Gasteiger partial charge in [0.2, 0.25) is 5.91 Å². The van der Waals surface area contributed by atoms with Crippen LogP contribution in [0.2, 0.25) is 0 Å². The maximum Gasteiger partial charge on any atom is 0.347 e. The van der Waals surface area contributed by atoms with Crippen LogP contribution in [0.5, 0.6) is 0 Å². The zero-order valence-electron chi connectivity index (χ0n) is 14.8. The summed E-state index contributed by atoms with van der Waals surface area (Å²) >= 11 is 0. The number of carbonyl (C=O) groups excluding carboxylic acids is 1. The SMILES string of the molecule is O=C(Cn1cccnc1=O)N(C[C@@H](O)c1ccccc1)C1CCCCC1. The summed E-state index contributed by atoms with van der Waals surface area (Å²) in [6, 6.07) is 11.1. The van der Waals surface area contributed by atoms with E-state index in [1.54, 1.807) is 17.2 Å². The molecule has 1 aromatic heterocycles. The number of hydrogen-bond donors (Lipinski definition) is 1. The quantitative estimate of drug-likeness (QED) is 0.861. The van der Waals surface area contributed by atoms with E-state index < -0.39 is 11.8 Å². The summed E-state index contributed by atoms with van der Waals surface area (Å²) in [6.45, 7) is 0.188. The molecule has 0 radical (unpaired) electrons. The molecule has 1 fully saturated rings. The van der Waals surface area contributed by atoms with Crippen LogP contribution in [0.1, 0.15) is 43.8 Å². The highest BCUT2D eigenvalue weighted by molar-refractivity contribution is 5.76. The smallest absolute Gasteiger partial charge is 0.347 e. The number of carbonyl (C=O) groups is 1. The number of rotatable bonds is 6. The zero-order valence-corrected chi connectivity index (χ0v) is 14.8. The van der Waals surface area contributed by atoms with Gasteiger partial charge in [-0.05, 0) is 24.5 Å². The van der Waals surface area contributed by atoms with Gasteiger partial charge in [0, 0.05) is 18.4 Å². The summed E-state index contributed by atoms with van der Waals surface area (Å²) < 4.78 is 1.31. The Kier molecular flexibility index (Phi) is 6.17. The highest BCUT2D eigenvalue weighted by Crippen LogP contribution is 2.25. The normalized spacial score (nSPS) is 16.2. The topological polar surface area (TPSA) is 75.4 Å². The molecule has 1 saturated carbocycles. The monoisotopic (exact) mass is 355 g/mol. The lowest BCUT2D eigenvalue weighted by molar-refractivity contribution is -0.136. The Balaban J connectivity index is 1.77. The molecule has 0 saturated heterocycles. The largest absolute Gasteiger partial charge is 0.387 e. The molecule has 1 N–H and O–H groups in total. The molecule has 6 nitrogen and oxygen atoms in total. The summed E-state index contributed by atoms with van der Waals surface area (Å²) in [7, 11) is 0. The lowest BCUT2D eigenvalue weighted by atomic mass is 9.93. The summed E-state index contributed by atoms with van der Waals surface area (Å²) in [5.74, 6) is -0.151. The zero-order chi connectivity index (χ0) is 18.4. The van der Waals surface area contributed by atoms with Crippen LogP contribution in [-0.2, 0) is 11.3 Å². The highest BCUT2D eigenvalue weighted by atomic mass is 16.3.